The quantitative estimate of drug-likeness (QED) is 0.450. The van der Waals surface area contributed by atoms with Gasteiger partial charge in [-0.3, -0.25) is 19.6 Å². The van der Waals surface area contributed by atoms with Gasteiger partial charge < -0.3 is 20.7 Å². The van der Waals surface area contributed by atoms with E-state index in [0.29, 0.717) is 29.1 Å². The van der Waals surface area contributed by atoms with Crippen molar-refractivity contribution in [3.8, 4) is 11.1 Å². The van der Waals surface area contributed by atoms with Crippen LogP contribution in [0.25, 0.3) is 11.1 Å². The van der Waals surface area contributed by atoms with Gasteiger partial charge in [-0.15, -0.1) is 0 Å². The van der Waals surface area contributed by atoms with Crippen LogP contribution < -0.4 is 21.1 Å². The number of hydrogen-bond donors (Lipinski definition) is 3. The molecule has 1 aliphatic rings. The van der Waals surface area contributed by atoms with Crippen molar-refractivity contribution >= 4 is 35.5 Å². The fourth-order valence-electron chi connectivity index (χ4n) is 3.64. The van der Waals surface area contributed by atoms with Crippen LogP contribution in [0.4, 0.5) is 14.9 Å². The van der Waals surface area contributed by atoms with E-state index in [2.05, 4.69) is 5.32 Å². The van der Waals surface area contributed by atoms with Gasteiger partial charge in [0, 0.05) is 37.1 Å². The summed E-state index contributed by atoms with van der Waals surface area (Å²) < 4.78 is 20.2. The zero-order valence-corrected chi connectivity index (χ0v) is 20.3. The smallest absolute Gasteiger partial charge is 0.414 e. The number of anilines is 1. The molecule has 0 spiro atoms. The summed E-state index contributed by atoms with van der Waals surface area (Å²) in [6.07, 6.45) is -1.09. The Balaban J connectivity index is 1.70. The van der Waals surface area contributed by atoms with Gasteiger partial charge >= 0.3 is 6.09 Å². The normalized spacial score (nSPS) is 15.7. The van der Waals surface area contributed by atoms with E-state index in [1.807, 2.05) is 12.1 Å². The Hall–Kier alpha value is -3.57. The molecule has 2 aromatic rings. The van der Waals surface area contributed by atoms with Crippen LogP contribution in [-0.2, 0) is 20.9 Å². The molecule has 0 aliphatic carbocycles. The molecule has 1 atom stereocenters. The molecule has 11 heteroatoms. The molecule has 1 unspecified atom stereocenters. The summed E-state index contributed by atoms with van der Waals surface area (Å²) in [4.78, 5) is 38.2. The molecule has 1 heterocycles. The molecule has 186 valence electrons. The Bertz CT molecular complexity index is 1130. The molecule has 0 aromatic heterocycles. The van der Waals surface area contributed by atoms with Gasteiger partial charge in [-0.1, -0.05) is 36.2 Å². The Morgan fingerprint density at radius 2 is 1.97 bits per heavy atom. The third-order valence-corrected chi connectivity index (χ3v) is 5.83. The molecule has 1 aliphatic heterocycles. The van der Waals surface area contributed by atoms with Crippen molar-refractivity contribution in [1.82, 2.24) is 10.2 Å². The summed E-state index contributed by atoms with van der Waals surface area (Å²) in [6, 6.07) is 11.7. The lowest BCUT2D eigenvalue weighted by Gasteiger charge is -2.21. The molecular weight excluding hydrogens is 473 g/mol. The number of nitrogens with zero attached hydrogens (tertiary/aromatic N) is 2. The highest BCUT2D eigenvalue weighted by atomic mass is 32.2. The van der Waals surface area contributed by atoms with Gasteiger partial charge in [0.2, 0.25) is 11.8 Å². The number of cyclic esters (lactones) is 1. The van der Waals surface area contributed by atoms with E-state index in [1.165, 1.54) is 24.8 Å². The van der Waals surface area contributed by atoms with E-state index in [9.17, 15) is 18.8 Å². The monoisotopic (exact) mass is 501 g/mol. The van der Waals surface area contributed by atoms with E-state index in [1.54, 1.807) is 34.6 Å². The summed E-state index contributed by atoms with van der Waals surface area (Å²) in [5.74, 6) is -0.841. The van der Waals surface area contributed by atoms with E-state index in [4.69, 9.17) is 15.6 Å². The highest BCUT2D eigenvalue weighted by Gasteiger charge is 2.32. The number of nitrogens with two attached hydrogens (primary N) is 2. The SMILES string of the molecule is CC(=O)NCC1CN(c2ccc(-c3ccc(CN(C/C(N)=C/SN)C(C)=O)cc3)c(F)c2)C(=O)O1. The Morgan fingerprint density at radius 1 is 1.26 bits per heavy atom. The second kappa shape index (κ2) is 11.7. The lowest BCUT2D eigenvalue weighted by molar-refractivity contribution is -0.129. The molecule has 3 rings (SSSR count). The third-order valence-electron chi connectivity index (χ3n) is 5.39. The number of nitrogens with one attached hydrogen (secondary N) is 1. The maximum absolute atomic E-state index is 15.0. The third kappa shape index (κ3) is 6.96. The fraction of sp³-hybridized carbons (Fsp3) is 0.292. The fourth-order valence-corrected chi connectivity index (χ4v) is 3.89. The van der Waals surface area contributed by atoms with Crippen molar-refractivity contribution in [2.75, 3.05) is 24.5 Å². The van der Waals surface area contributed by atoms with Crippen molar-refractivity contribution in [2.45, 2.75) is 26.5 Å². The number of hydrogen-bond acceptors (Lipinski definition) is 7. The molecule has 1 saturated heterocycles. The number of halogens is 1. The summed E-state index contributed by atoms with van der Waals surface area (Å²) in [7, 11) is 0. The van der Waals surface area contributed by atoms with Crippen LogP contribution in [0.15, 0.2) is 53.6 Å². The first kappa shape index (κ1) is 26.0. The van der Waals surface area contributed by atoms with Crippen LogP contribution in [0.5, 0.6) is 0 Å². The van der Waals surface area contributed by atoms with Crippen molar-refractivity contribution in [3.63, 3.8) is 0 Å². The molecule has 5 N–H and O–H groups in total. The predicted molar refractivity (Wildman–Crippen MR) is 133 cm³/mol. The molecule has 0 saturated carbocycles. The summed E-state index contributed by atoms with van der Waals surface area (Å²) in [5, 5.41) is 9.57. The molecule has 1 fully saturated rings. The minimum Gasteiger partial charge on any atom is -0.442 e. The highest BCUT2D eigenvalue weighted by molar-refractivity contribution is 8.00. The van der Waals surface area contributed by atoms with Crippen LogP contribution in [0.3, 0.4) is 0 Å². The predicted octanol–water partition coefficient (Wildman–Crippen LogP) is 2.71. The minimum absolute atomic E-state index is 0.131. The zero-order valence-electron chi connectivity index (χ0n) is 19.5. The van der Waals surface area contributed by atoms with Gasteiger partial charge in [0.15, 0.2) is 0 Å². The molecule has 9 nitrogen and oxygen atoms in total. The largest absolute Gasteiger partial charge is 0.442 e. The number of benzene rings is 2. The van der Waals surface area contributed by atoms with Crippen molar-refractivity contribution in [2.24, 2.45) is 10.9 Å². The van der Waals surface area contributed by atoms with Crippen molar-refractivity contribution in [1.29, 1.82) is 0 Å². The van der Waals surface area contributed by atoms with Crippen molar-refractivity contribution in [3.05, 3.63) is 65.0 Å². The topological polar surface area (TPSA) is 131 Å². The average molecular weight is 502 g/mol. The number of rotatable bonds is 9. The lowest BCUT2D eigenvalue weighted by atomic mass is 10.0. The number of carbonyl (C=O) groups excluding carboxylic acids is 3. The van der Waals surface area contributed by atoms with Crippen LogP contribution in [0, 0.1) is 5.82 Å². The van der Waals surface area contributed by atoms with E-state index in [-0.39, 0.29) is 31.4 Å². The second-order valence-electron chi connectivity index (χ2n) is 8.12. The van der Waals surface area contributed by atoms with Gasteiger partial charge in [0.1, 0.15) is 11.9 Å². The maximum Gasteiger partial charge on any atom is 0.414 e. The highest BCUT2D eigenvalue weighted by Crippen LogP contribution is 2.29. The number of amides is 3. The standard InChI is InChI=1S/C24H28FN5O4S/c1-15(31)28-10-21-13-30(24(33)34-21)20-7-8-22(23(25)9-20)18-5-3-17(4-6-18)11-29(16(2)32)12-19(26)14-35-27/h3-9,14,21H,10-13,26-27H2,1-2H3,(H,28,31)/b19-14-. The number of ether oxygens (including phenoxy) is 1. The summed E-state index contributed by atoms with van der Waals surface area (Å²) >= 11 is 0.979. The first-order chi connectivity index (χ1) is 16.7. The van der Waals surface area contributed by atoms with Crippen LogP contribution >= 0.6 is 11.9 Å². The number of carbonyl (C=O) groups is 3. The minimum atomic E-state index is -0.590. The zero-order chi connectivity index (χ0) is 25.5. The Labute approximate surface area is 207 Å². The molecule has 3 amide bonds. The molecule has 0 bridgehead atoms. The lowest BCUT2D eigenvalue weighted by Crippen LogP contribution is -2.33. The average Bonchev–Trinajstić information content (AvgIpc) is 3.18. The van der Waals surface area contributed by atoms with Gasteiger partial charge in [-0.2, -0.15) is 0 Å². The first-order valence-electron chi connectivity index (χ1n) is 10.8. The Morgan fingerprint density at radius 3 is 2.57 bits per heavy atom. The van der Waals surface area contributed by atoms with Crippen LogP contribution in [-0.4, -0.2) is 48.5 Å². The van der Waals surface area contributed by atoms with E-state index >= 15 is 0 Å². The second-order valence-corrected chi connectivity index (χ2v) is 8.63. The Kier molecular flexibility index (Phi) is 8.72. The summed E-state index contributed by atoms with van der Waals surface area (Å²) in [6.45, 7) is 3.85. The van der Waals surface area contributed by atoms with Gasteiger partial charge in [0.25, 0.3) is 0 Å². The van der Waals surface area contributed by atoms with Gasteiger partial charge in [0.05, 0.1) is 25.3 Å². The molecule has 2 aromatic carbocycles. The van der Waals surface area contributed by atoms with Gasteiger partial charge in [-0.05, 0) is 29.3 Å². The maximum atomic E-state index is 15.0. The first-order valence-corrected chi connectivity index (χ1v) is 11.8. The van der Waals surface area contributed by atoms with Crippen molar-refractivity contribution < 1.29 is 23.5 Å². The molecule has 35 heavy (non-hydrogen) atoms. The van der Waals surface area contributed by atoms with E-state index < -0.39 is 18.0 Å². The van der Waals surface area contributed by atoms with Gasteiger partial charge in [-0.25, -0.2) is 9.18 Å². The summed E-state index contributed by atoms with van der Waals surface area (Å²) in [5.41, 5.74) is 8.61. The van der Waals surface area contributed by atoms with Crippen LogP contribution in [0.2, 0.25) is 0 Å². The van der Waals surface area contributed by atoms with E-state index in [0.717, 1.165) is 17.5 Å². The molecular formula is C24H28FN5O4S. The molecule has 0 radical (unpaired) electrons. The van der Waals surface area contributed by atoms with Crippen LogP contribution in [0.1, 0.15) is 19.4 Å².